The zero-order chi connectivity index (χ0) is 13.4. The number of rotatable bonds is 2. The second kappa shape index (κ2) is 8.30. The van der Waals surface area contributed by atoms with Crippen LogP contribution in [0.15, 0.2) is 53.0 Å². The minimum atomic E-state index is 0.551. The quantitative estimate of drug-likeness (QED) is 0.842. The van der Waals surface area contributed by atoms with Gasteiger partial charge in [-0.1, -0.05) is 54.9 Å². The van der Waals surface area contributed by atoms with Gasteiger partial charge in [-0.2, -0.15) is 0 Å². The summed E-state index contributed by atoms with van der Waals surface area (Å²) in [7, 11) is 0. The Bertz CT molecular complexity index is 471. The van der Waals surface area contributed by atoms with Crippen molar-refractivity contribution in [2.24, 2.45) is 5.73 Å². The molecule has 0 saturated carbocycles. The van der Waals surface area contributed by atoms with E-state index in [0.717, 1.165) is 21.5 Å². The molecule has 2 N–H and O–H groups in total. The predicted molar refractivity (Wildman–Crippen MR) is 82.9 cm³/mol. The first-order valence-electron chi connectivity index (χ1n) is 5.85. The molecule has 2 aromatic rings. The Kier molecular flexibility index (Phi) is 7.02. The van der Waals surface area contributed by atoms with Gasteiger partial charge in [0.15, 0.2) is 0 Å². The third-order valence-electron chi connectivity index (χ3n) is 2.47. The first kappa shape index (κ1) is 15.2. The van der Waals surface area contributed by atoms with Crippen molar-refractivity contribution >= 4 is 27.5 Å². The van der Waals surface area contributed by atoms with E-state index in [1.165, 1.54) is 5.56 Å². The normalized spacial score (nSPS) is 9.56. The summed E-state index contributed by atoms with van der Waals surface area (Å²) in [4.78, 5) is 0. The molecule has 0 aliphatic carbocycles. The van der Waals surface area contributed by atoms with E-state index < -0.39 is 0 Å². The van der Waals surface area contributed by atoms with E-state index in [4.69, 9.17) is 17.3 Å². The van der Waals surface area contributed by atoms with Gasteiger partial charge in [-0.05, 0) is 45.6 Å². The van der Waals surface area contributed by atoms with E-state index >= 15 is 0 Å². The molecular formula is C15H17BrClN. The van der Waals surface area contributed by atoms with Crippen molar-refractivity contribution in [2.75, 3.05) is 0 Å². The van der Waals surface area contributed by atoms with Crippen molar-refractivity contribution < 1.29 is 0 Å². The van der Waals surface area contributed by atoms with Crippen LogP contribution in [0.5, 0.6) is 0 Å². The van der Waals surface area contributed by atoms with Crippen molar-refractivity contribution in [3.05, 3.63) is 69.2 Å². The van der Waals surface area contributed by atoms with E-state index in [1.807, 2.05) is 24.3 Å². The van der Waals surface area contributed by atoms with Crippen LogP contribution in [0.3, 0.4) is 0 Å². The number of hydrogen-bond acceptors (Lipinski definition) is 1. The van der Waals surface area contributed by atoms with Crippen molar-refractivity contribution in [3.8, 4) is 0 Å². The van der Waals surface area contributed by atoms with E-state index in [1.54, 1.807) is 0 Å². The standard InChI is InChI=1S/C8H10.C7H7BrClN/c1-2-8-6-4-3-5-7-8;8-6-3-5(4-10)1-2-7(6)9/h3-7H,2H2,1H3;1-3H,4,10H2. The lowest BCUT2D eigenvalue weighted by atomic mass is 10.2. The van der Waals surface area contributed by atoms with Crippen molar-refractivity contribution in [1.29, 1.82) is 0 Å². The minimum Gasteiger partial charge on any atom is -0.326 e. The Hall–Kier alpha value is -0.830. The van der Waals surface area contributed by atoms with E-state index in [9.17, 15) is 0 Å². The summed E-state index contributed by atoms with van der Waals surface area (Å²) >= 11 is 9.05. The number of hydrogen-bond donors (Lipinski definition) is 1. The van der Waals surface area contributed by atoms with Crippen LogP contribution in [0.4, 0.5) is 0 Å². The maximum atomic E-state index is 5.75. The van der Waals surface area contributed by atoms with Gasteiger partial charge in [-0.25, -0.2) is 0 Å². The Labute approximate surface area is 122 Å². The van der Waals surface area contributed by atoms with Crippen LogP contribution in [-0.2, 0) is 13.0 Å². The molecule has 0 aliphatic rings. The van der Waals surface area contributed by atoms with E-state index in [0.29, 0.717) is 6.54 Å². The zero-order valence-electron chi connectivity index (χ0n) is 10.4. The predicted octanol–water partition coefficient (Wildman–Crippen LogP) is 4.81. The summed E-state index contributed by atoms with van der Waals surface area (Å²) in [5, 5.41) is 0.720. The summed E-state index contributed by atoms with van der Waals surface area (Å²) in [6.07, 6.45) is 1.14. The summed E-state index contributed by atoms with van der Waals surface area (Å²) in [5.74, 6) is 0. The third-order valence-corrected chi connectivity index (χ3v) is 3.68. The lowest BCUT2D eigenvalue weighted by Gasteiger charge is -1.98. The first-order valence-corrected chi connectivity index (χ1v) is 7.02. The Morgan fingerprint density at radius 3 is 2.17 bits per heavy atom. The molecule has 2 rings (SSSR count). The van der Waals surface area contributed by atoms with Gasteiger partial charge in [0.2, 0.25) is 0 Å². The molecule has 0 saturated heterocycles. The molecule has 0 radical (unpaired) electrons. The minimum absolute atomic E-state index is 0.551. The first-order chi connectivity index (χ1) is 8.67. The maximum absolute atomic E-state index is 5.75. The molecular weight excluding hydrogens is 310 g/mol. The lowest BCUT2D eigenvalue weighted by molar-refractivity contribution is 1.07. The monoisotopic (exact) mass is 325 g/mol. The molecule has 0 aromatic heterocycles. The third kappa shape index (κ3) is 5.21. The molecule has 0 aliphatic heterocycles. The molecule has 0 atom stereocenters. The second-order valence-electron chi connectivity index (χ2n) is 3.79. The highest BCUT2D eigenvalue weighted by Crippen LogP contribution is 2.22. The lowest BCUT2D eigenvalue weighted by Crippen LogP contribution is -1.95. The fraction of sp³-hybridized carbons (Fsp3) is 0.200. The van der Waals surface area contributed by atoms with Crippen molar-refractivity contribution in [2.45, 2.75) is 19.9 Å². The van der Waals surface area contributed by atoms with Gasteiger partial charge in [0.05, 0.1) is 5.02 Å². The fourth-order valence-electron chi connectivity index (χ4n) is 1.38. The Morgan fingerprint density at radius 2 is 1.72 bits per heavy atom. The second-order valence-corrected chi connectivity index (χ2v) is 5.05. The molecule has 96 valence electrons. The molecule has 0 fully saturated rings. The van der Waals surface area contributed by atoms with Gasteiger partial charge in [0.25, 0.3) is 0 Å². The van der Waals surface area contributed by atoms with Crippen LogP contribution in [0, 0.1) is 0 Å². The van der Waals surface area contributed by atoms with Crippen LogP contribution in [0.25, 0.3) is 0 Å². The van der Waals surface area contributed by atoms with Gasteiger partial charge < -0.3 is 5.73 Å². The SMILES string of the molecule is CCc1ccccc1.NCc1ccc(Cl)c(Br)c1. The highest BCUT2D eigenvalue weighted by Gasteiger charge is 1.95. The highest BCUT2D eigenvalue weighted by molar-refractivity contribution is 9.10. The molecule has 0 spiro atoms. The molecule has 1 nitrogen and oxygen atoms in total. The summed E-state index contributed by atoms with van der Waals surface area (Å²) < 4.78 is 0.900. The van der Waals surface area contributed by atoms with Crippen molar-refractivity contribution in [3.63, 3.8) is 0 Å². The van der Waals surface area contributed by atoms with Gasteiger partial charge in [-0.15, -0.1) is 0 Å². The molecule has 3 heteroatoms. The molecule has 0 amide bonds. The van der Waals surface area contributed by atoms with Crippen molar-refractivity contribution in [1.82, 2.24) is 0 Å². The van der Waals surface area contributed by atoms with Gasteiger partial charge >= 0.3 is 0 Å². The molecule has 2 aromatic carbocycles. The molecule has 18 heavy (non-hydrogen) atoms. The van der Waals surface area contributed by atoms with Gasteiger partial charge in [0.1, 0.15) is 0 Å². The summed E-state index contributed by atoms with van der Waals surface area (Å²) in [6, 6.07) is 16.1. The van der Waals surface area contributed by atoms with E-state index in [-0.39, 0.29) is 0 Å². The Balaban J connectivity index is 0.000000184. The van der Waals surface area contributed by atoms with Gasteiger partial charge in [0, 0.05) is 11.0 Å². The maximum Gasteiger partial charge on any atom is 0.0548 e. The highest BCUT2D eigenvalue weighted by atomic mass is 79.9. The van der Waals surface area contributed by atoms with Crippen LogP contribution in [0.2, 0.25) is 5.02 Å². The number of aryl methyl sites for hydroxylation is 1. The number of nitrogens with two attached hydrogens (primary N) is 1. The van der Waals surface area contributed by atoms with Crippen LogP contribution in [0.1, 0.15) is 18.1 Å². The summed E-state index contributed by atoms with van der Waals surface area (Å²) in [6.45, 7) is 2.71. The average Bonchev–Trinajstić information content (AvgIpc) is 2.43. The van der Waals surface area contributed by atoms with Crippen LogP contribution in [-0.4, -0.2) is 0 Å². The number of halogens is 2. The zero-order valence-corrected chi connectivity index (χ0v) is 12.7. The van der Waals surface area contributed by atoms with E-state index in [2.05, 4.69) is 47.1 Å². The van der Waals surface area contributed by atoms with Crippen LogP contribution >= 0.6 is 27.5 Å². The molecule has 0 bridgehead atoms. The molecule has 0 unspecified atom stereocenters. The number of benzene rings is 2. The van der Waals surface area contributed by atoms with Gasteiger partial charge in [-0.3, -0.25) is 0 Å². The fourth-order valence-corrected chi connectivity index (χ4v) is 1.92. The topological polar surface area (TPSA) is 26.0 Å². The largest absolute Gasteiger partial charge is 0.326 e. The van der Waals surface area contributed by atoms with Crippen LogP contribution < -0.4 is 5.73 Å². The average molecular weight is 327 g/mol. The molecule has 0 heterocycles. The Morgan fingerprint density at radius 1 is 1.06 bits per heavy atom. The smallest absolute Gasteiger partial charge is 0.0548 e. The summed E-state index contributed by atoms with van der Waals surface area (Å²) in [5.41, 5.74) is 7.89.